The molecule has 0 fully saturated rings. The van der Waals surface area contributed by atoms with Gasteiger partial charge in [-0.1, -0.05) is 0 Å². The molecule has 0 aliphatic heterocycles. The van der Waals surface area contributed by atoms with Crippen LogP contribution in [0.15, 0.2) is 41.5 Å². The number of furan rings is 1. The van der Waals surface area contributed by atoms with E-state index in [9.17, 15) is 0 Å². The molecular weight excluding hydrogens is 256 g/mol. The second-order valence-corrected chi connectivity index (χ2v) is 4.48. The van der Waals surface area contributed by atoms with Crippen LogP contribution in [0, 0.1) is 0 Å². The molecule has 3 rings (SSSR count). The van der Waals surface area contributed by atoms with Gasteiger partial charge in [-0.05, 0) is 12.1 Å². The van der Waals surface area contributed by atoms with Crippen LogP contribution in [0.2, 0.25) is 0 Å². The zero-order valence-corrected chi connectivity index (χ0v) is 11.2. The fraction of sp³-hybridized carbons (Fsp3) is 0.308. The Hall–Kier alpha value is -2.41. The Morgan fingerprint density at radius 2 is 2.40 bits per heavy atom. The highest BCUT2D eigenvalue weighted by Crippen LogP contribution is 2.20. The van der Waals surface area contributed by atoms with Crippen LogP contribution in [0.3, 0.4) is 0 Å². The van der Waals surface area contributed by atoms with E-state index in [-0.39, 0.29) is 6.04 Å². The Morgan fingerprint density at radius 1 is 1.45 bits per heavy atom. The molecule has 0 saturated heterocycles. The summed E-state index contributed by atoms with van der Waals surface area (Å²) in [5, 5.41) is 10.1. The monoisotopic (exact) mass is 272 g/mol. The number of hydrogen-bond acceptors (Lipinski definition) is 5. The number of aryl methyl sites for hydroxylation is 1. The lowest BCUT2D eigenvalue weighted by Gasteiger charge is -2.16. The highest BCUT2D eigenvalue weighted by atomic mass is 16.3. The normalized spacial score (nSPS) is 12.7. The Balaban J connectivity index is 1.72. The van der Waals surface area contributed by atoms with Gasteiger partial charge < -0.3 is 14.3 Å². The van der Waals surface area contributed by atoms with Crippen LogP contribution in [0.1, 0.15) is 23.5 Å². The van der Waals surface area contributed by atoms with Crippen molar-refractivity contribution < 1.29 is 4.42 Å². The predicted molar refractivity (Wildman–Crippen MR) is 71.8 cm³/mol. The molecule has 3 aromatic rings. The largest absolute Gasteiger partial charge is 0.467 e. The van der Waals surface area contributed by atoms with Gasteiger partial charge in [-0.2, -0.15) is 5.10 Å². The summed E-state index contributed by atoms with van der Waals surface area (Å²) in [6.45, 7) is 0.743. The second-order valence-electron chi connectivity index (χ2n) is 4.48. The van der Waals surface area contributed by atoms with E-state index in [2.05, 4.69) is 25.5 Å². The molecule has 0 saturated carbocycles. The number of imidazole rings is 1. The summed E-state index contributed by atoms with van der Waals surface area (Å²) >= 11 is 0. The summed E-state index contributed by atoms with van der Waals surface area (Å²) in [7, 11) is 1.97. The molecule has 1 atom stereocenters. The number of hydrogen-bond donors (Lipinski definition) is 2. The van der Waals surface area contributed by atoms with Gasteiger partial charge in [0.05, 0.1) is 6.26 Å². The molecule has 2 N–H and O–H groups in total. The molecule has 1 unspecified atom stereocenters. The lowest BCUT2D eigenvalue weighted by Crippen LogP contribution is -2.27. The molecule has 20 heavy (non-hydrogen) atoms. The number of nitrogens with zero attached hydrogens (tertiary/aromatic N) is 4. The summed E-state index contributed by atoms with van der Waals surface area (Å²) in [5.41, 5.74) is 0. The average molecular weight is 272 g/mol. The van der Waals surface area contributed by atoms with Gasteiger partial charge in [-0.15, -0.1) is 0 Å². The molecule has 3 heterocycles. The fourth-order valence-electron chi connectivity index (χ4n) is 2.12. The molecule has 104 valence electrons. The molecule has 0 bridgehead atoms. The molecule has 3 aromatic heterocycles. The first-order valence-electron chi connectivity index (χ1n) is 6.43. The number of H-pyrrole nitrogens is 1. The van der Waals surface area contributed by atoms with Crippen LogP contribution in [0.25, 0.3) is 0 Å². The first kappa shape index (κ1) is 12.6. The number of nitrogens with one attached hydrogen (secondary N) is 2. The van der Waals surface area contributed by atoms with Crippen molar-refractivity contribution in [3.8, 4) is 0 Å². The van der Waals surface area contributed by atoms with Gasteiger partial charge >= 0.3 is 0 Å². The summed E-state index contributed by atoms with van der Waals surface area (Å²) in [6, 6.07) is 3.75. The van der Waals surface area contributed by atoms with E-state index in [0.29, 0.717) is 0 Å². The highest BCUT2D eigenvalue weighted by molar-refractivity contribution is 5.15. The third kappa shape index (κ3) is 2.62. The lowest BCUT2D eigenvalue weighted by molar-refractivity contribution is 0.430. The van der Waals surface area contributed by atoms with E-state index in [1.807, 2.05) is 29.9 Å². The molecule has 0 amide bonds. The maximum Gasteiger partial charge on any atom is 0.137 e. The summed E-state index contributed by atoms with van der Waals surface area (Å²) in [4.78, 5) is 8.50. The van der Waals surface area contributed by atoms with E-state index >= 15 is 0 Å². The van der Waals surface area contributed by atoms with Gasteiger partial charge in [-0.3, -0.25) is 5.10 Å². The molecule has 0 aliphatic rings. The minimum Gasteiger partial charge on any atom is -0.467 e. The third-order valence-corrected chi connectivity index (χ3v) is 3.12. The molecule has 0 radical (unpaired) electrons. The zero-order valence-electron chi connectivity index (χ0n) is 11.2. The molecule has 0 aromatic carbocycles. The predicted octanol–water partition coefficient (Wildman–Crippen LogP) is 1.05. The Labute approximate surface area is 116 Å². The summed E-state index contributed by atoms with van der Waals surface area (Å²) in [5.74, 6) is 2.62. The molecule has 0 aliphatic carbocycles. The fourth-order valence-corrected chi connectivity index (χ4v) is 2.12. The van der Waals surface area contributed by atoms with Crippen molar-refractivity contribution >= 4 is 0 Å². The molecule has 0 spiro atoms. The van der Waals surface area contributed by atoms with Crippen molar-refractivity contribution in [3.63, 3.8) is 0 Å². The van der Waals surface area contributed by atoms with E-state index in [0.717, 1.165) is 30.4 Å². The van der Waals surface area contributed by atoms with Gasteiger partial charge in [-0.25, -0.2) is 9.97 Å². The summed E-state index contributed by atoms with van der Waals surface area (Å²) < 4.78 is 7.49. The van der Waals surface area contributed by atoms with Crippen molar-refractivity contribution in [3.05, 3.63) is 54.5 Å². The maximum absolute atomic E-state index is 5.51. The lowest BCUT2D eigenvalue weighted by atomic mass is 10.2. The molecular formula is C13H16N6O. The van der Waals surface area contributed by atoms with Crippen molar-refractivity contribution in [1.29, 1.82) is 0 Å². The van der Waals surface area contributed by atoms with Crippen LogP contribution >= 0.6 is 0 Å². The average Bonchev–Trinajstić information content (AvgIpc) is 3.18. The number of aromatic nitrogens is 5. The number of rotatable bonds is 6. The third-order valence-electron chi connectivity index (χ3n) is 3.12. The zero-order chi connectivity index (χ0) is 13.8. The SMILES string of the molecule is Cn1ccnc1C(NCCc1ncn[nH]1)c1ccco1. The quantitative estimate of drug-likeness (QED) is 0.700. The Bertz CT molecular complexity index is 628. The van der Waals surface area contributed by atoms with Crippen molar-refractivity contribution in [2.45, 2.75) is 12.5 Å². The van der Waals surface area contributed by atoms with E-state index < -0.39 is 0 Å². The Morgan fingerprint density at radius 3 is 3.05 bits per heavy atom. The van der Waals surface area contributed by atoms with E-state index in [4.69, 9.17) is 4.42 Å². The van der Waals surface area contributed by atoms with Gasteiger partial charge in [0.25, 0.3) is 0 Å². The highest BCUT2D eigenvalue weighted by Gasteiger charge is 2.20. The summed E-state index contributed by atoms with van der Waals surface area (Å²) in [6.07, 6.45) is 7.65. The van der Waals surface area contributed by atoms with Crippen molar-refractivity contribution in [1.82, 2.24) is 30.0 Å². The van der Waals surface area contributed by atoms with Crippen molar-refractivity contribution in [2.24, 2.45) is 7.05 Å². The first-order chi connectivity index (χ1) is 9.84. The molecule has 7 heteroatoms. The van der Waals surface area contributed by atoms with Crippen LogP contribution in [-0.4, -0.2) is 31.3 Å². The topological polar surface area (TPSA) is 84.6 Å². The minimum atomic E-state index is -0.0760. The molecule has 7 nitrogen and oxygen atoms in total. The van der Waals surface area contributed by atoms with Crippen molar-refractivity contribution in [2.75, 3.05) is 6.54 Å². The van der Waals surface area contributed by atoms with Gasteiger partial charge in [0, 0.05) is 32.4 Å². The van der Waals surface area contributed by atoms with Crippen LogP contribution in [-0.2, 0) is 13.5 Å². The standard InChI is InChI=1S/C13H16N6O/c1-19-7-6-15-13(19)12(10-3-2-8-20-10)14-5-4-11-16-9-17-18-11/h2-3,6-9,12,14H,4-5H2,1H3,(H,16,17,18). The number of aromatic amines is 1. The van der Waals surface area contributed by atoms with Crippen LogP contribution < -0.4 is 5.32 Å². The van der Waals surface area contributed by atoms with Gasteiger partial charge in [0.15, 0.2) is 0 Å². The van der Waals surface area contributed by atoms with E-state index in [1.54, 1.807) is 12.5 Å². The van der Waals surface area contributed by atoms with Crippen LogP contribution in [0.4, 0.5) is 0 Å². The van der Waals surface area contributed by atoms with Gasteiger partial charge in [0.1, 0.15) is 29.8 Å². The second kappa shape index (κ2) is 5.70. The smallest absolute Gasteiger partial charge is 0.137 e. The van der Waals surface area contributed by atoms with Crippen LogP contribution in [0.5, 0.6) is 0 Å². The first-order valence-corrected chi connectivity index (χ1v) is 6.43. The maximum atomic E-state index is 5.51. The Kier molecular flexibility index (Phi) is 3.60. The van der Waals surface area contributed by atoms with Gasteiger partial charge in [0.2, 0.25) is 0 Å². The van der Waals surface area contributed by atoms with E-state index in [1.165, 1.54) is 6.33 Å². The minimum absolute atomic E-state index is 0.0760.